The average Bonchev–Trinajstić information content (AvgIpc) is 2.76. The van der Waals surface area contributed by atoms with Gasteiger partial charge < -0.3 is 29.7 Å². The third-order valence-corrected chi connectivity index (χ3v) is 5.29. The zero-order valence-electron chi connectivity index (χ0n) is 19.1. The SMILES string of the molecule is CCCN1CCC(CNC(=NCc2cc(OC)c(OC)c(OC)c2)NCC)CC1.I. The van der Waals surface area contributed by atoms with Crippen LogP contribution in [0.4, 0.5) is 0 Å². The van der Waals surface area contributed by atoms with Crippen molar-refractivity contribution in [3.8, 4) is 17.2 Å². The molecule has 1 aliphatic rings. The molecule has 0 amide bonds. The van der Waals surface area contributed by atoms with Crippen molar-refractivity contribution >= 4 is 29.9 Å². The molecule has 0 radical (unpaired) electrons. The van der Waals surface area contributed by atoms with E-state index in [4.69, 9.17) is 19.2 Å². The van der Waals surface area contributed by atoms with Crippen molar-refractivity contribution < 1.29 is 14.2 Å². The Kier molecular flexibility index (Phi) is 12.9. The third-order valence-electron chi connectivity index (χ3n) is 5.29. The first kappa shape index (κ1) is 26.6. The van der Waals surface area contributed by atoms with Crippen LogP contribution in [-0.4, -0.2) is 64.9 Å². The van der Waals surface area contributed by atoms with Crippen molar-refractivity contribution in [2.75, 3.05) is 54.1 Å². The minimum Gasteiger partial charge on any atom is -0.493 e. The number of benzene rings is 1. The second-order valence-electron chi connectivity index (χ2n) is 7.39. The number of rotatable bonds is 10. The monoisotopic (exact) mass is 534 g/mol. The van der Waals surface area contributed by atoms with Crippen molar-refractivity contribution in [2.45, 2.75) is 39.7 Å². The minimum atomic E-state index is 0. The van der Waals surface area contributed by atoms with Gasteiger partial charge in [-0.25, -0.2) is 4.99 Å². The van der Waals surface area contributed by atoms with Gasteiger partial charge in [0.05, 0.1) is 27.9 Å². The third kappa shape index (κ3) is 8.02. The number of methoxy groups -OCH3 is 3. The first-order chi connectivity index (χ1) is 14.1. The Bertz CT molecular complexity index is 624. The Balaban J connectivity index is 0.00000450. The normalized spacial score (nSPS) is 15.3. The molecule has 1 aliphatic heterocycles. The van der Waals surface area contributed by atoms with E-state index in [-0.39, 0.29) is 24.0 Å². The number of halogens is 1. The molecule has 0 aromatic heterocycles. The summed E-state index contributed by atoms with van der Waals surface area (Å²) in [5.74, 6) is 3.44. The molecule has 0 saturated carbocycles. The lowest BCUT2D eigenvalue weighted by Gasteiger charge is -2.32. The average molecular weight is 534 g/mol. The van der Waals surface area contributed by atoms with E-state index in [1.807, 2.05) is 12.1 Å². The highest BCUT2D eigenvalue weighted by molar-refractivity contribution is 14.0. The zero-order chi connectivity index (χ0) is 21.1. The molecule has 0 aliphatic carbocycles. The molecule has 1 aromatic carbocycles. The Morgan fingerprint density at radius 2 is 1.67 bits per heavy atom. The molecule has 172 valence electrons. The van der Waals surface area contributed by atoms with Crippen LogP contribution in [0, 0.1) is 5.92 Å². The number of hydrogen-bond donors (Lipinski definition) is 2. The molecule has 1 saturated heterocycles. The maximum atomic E-state index is 5.44. The van der Waals surface area contributed by atoms with Gasteiger partial charge in [-0.2, -0.15) is 0 Å². The van der Waals surface area contributed by atoms with Crippen molar-refractivity contribution in [2.24, 2.45) is 10.9 Å². The molecule has 0 atom stereocenters. The van der Waals surface area contributed by atoms with Crippen LogP contribution < -0.4 is 24.8 Å². The number of aliphatic imine (C=N–C) groups is 1. The maximum absolute atomic E-state index is 5.44. The molecular weight excluding hydrogens is 495 g/mol. The standard InChI is InChI=1S/C22H38N4O3.HI/c1-6-10-26-11-8-17(9-12-26)15-24-22(23-7-2)25-16-18-13-19(27-3)21(29-5)20(14-18)28-4;/h13-14,17H,6-12,15-16H2,1-5H3,(H2,23,24,25);1H. The lowest BCUT2D eigenvalue weighted by Crippen LogP contribution is -2.43. The largest absolute Gasteiger partial charge is 0.493 e. The van der Waals surface area contributed by atoms with E-state index >= 15 is 0 Å². The number of nitrogens with one attached hydrogen (secondary N) is 2. The van der Waals surface area contributed by atoms with Gasteiger partial charge in [-0.3, -0.25) is 0 Å². The van der Waals surface area contributed by atoms with E-state index in [1.54, 1.807) is 21.3 Å². The predicted molar refractivity (Wildman–Crippen MR) is 134 cm³/mol. The van der Waals surface area contributed by atoms with E-state index < -0.39 is 0 Å². The Labute approximate surface area is 199 Å². The van der Waals surface area contributed by atoms with Crippen LogP contribution in [0.1, 0.15) is 38.7 Å². The lowest BCUT2D eigenvalue weighted by molar-refractivity contribution is 0.185. The molecule has 0 spiro atoms. The van der Waals surface area contributed by atoms with Gasteiger partial charge in [-0.1, -0.05) is 6.92 Å². The summed E-state index contributed by atoms with van der Waals surface area (Å²) in [6.45, 7) is 10.3. The van der Waals surface area contributed by atoms with E-state index in [0.717, 1.165) is 24.6 Å². The molecule has 2 rings (SSSR count). The molecule has 0 bridgehead atoms. The highest BCUT2D eigenvalue weighted by Crippen LogP contribution is 2.38. The lowest BCUT2D eigenvalue weighted by atomic mass is 9.97. The first-order valence-electron chi connectivity index (χ1n) is 10.7. The highest BCUT2D eigenvalue weighted by Gasteiger charge is 2.18. The summed E-state index contributed by atoms with van der Waals surface area (Å²) in [7, 11) is 4.86. The minimum absolute atomic E-state index is 0. The molecule has 1 aromatic rings. The van der Waals surface area contributed by atoms with E-state index in [2.05, 4.69) is 29.4 Å². The van der Waals surface area contributed by atoms with Gasteiger partial charge in [0, 0.05) is 13.1 Å². The fraction of sp³-hybridized carbons (Fsp3) is 0.682. The predicted octanol–water partition coefficient (Wildman–Crippen LogP) is 3.51. The summed E-state index contributed by atoms with van der Waals surface area (Å²) in [6.07, 6.45) is 3.74. The fourth-order valence-corrected chi connectivity index (χ4v) is 3.71. The van der Waals surface area contributed by atoms with Gasteiger partial charge in [0.15, 0.2) is 17.5 Å². The van der Waals surface area contributed by atoms with Gasteiger partial charge >= 0.3 is 0 Å². The first-order valence-corrected chi connectivity index (χ1v) is 10.7. The Morgan fingerprint density at radius 1 is 1.03 bits per heavy atom. The van der Waals surface area contributed by atoms with Crippen LogP contribution in [0.2, 0.25) is 0 Å². The van der Waals surface area contributed by atoms with Crippen LogP contribution in [0.15, 0.2) is 17.1 Å². The van der Waals surface area contributed by atoms with Crippen LogP contribution in [0.3, 0.4) is 0 Å². The van der Waals surface area contributed by atoms with Gasteiger partial charge in [0.2, 0.25) is 5.75 Å². The number of piperidine rings is 1. The number of likely N-dealkylation sites (tertiary alicyclic amines) is 1. The van der Waals surface area contributed by atoms with E-state index in [9.17, 15) is 0 Å². The fourth-order valence-electron chi connectivity index (χ4n) is 3.71. The summed E-state index contributed by atoms with van der Waals surface area (Å²) >= 11 is 0. The second-order valence-corrected chi connectivity index (χ2v) is 7.39. The number of nitrogens with zero attached hydrogens (tertiary/aromatic N) is 2. The van der Waals surface area contributed by atoms with Crippen molar-refractivity contribution in [1.82, 2.24) is 15.5 Å². The van der Waals surface area contributed by atoms with Crippen molar-refractivity contribution in [1.29, 1.82) is 0 Å². The van der Waals surface area contributed by atoms with Crippen molar-refractivity contribution in [3.63, 3.8) is 0 Å². The molecule has 2 N–H and O–H groups in total. The highest BCUT2D eigenvalue weighted by atomic mass is 127. The topological polar surface area (TPSA) is 67.4 Å². The zero-order valence-corrected chi connectivity index (χ0v) is 21.5. The second kappa shape index (κ2) is 14.6. The van der Waals surface area contributed by atoms with E-state index in [1.165, 1.54) is 38.9 Å². The number of hydrogen-bond acceptors (Lipinski definition) is 5. The van der Waals surface area contributed by atoms with E-state index in [0.29, 0.717) is 29.7 Å². The maximum Gasteiger partial charge on any atom is 0.203 e. The summed E-state index contributed by atoms with van der Waals surface area (Å²) in [4.78, 5) is 7.32. The quantitative estimate of drug-likeness (QED) is 0.272. The van der Waals surface area contributed by atoms with Gasteiger partial charge in [0.25, 0.3) is 0 Å². The smallest absolute Gasteiger partial charge is 0.203 e. The Hall–Kier alpha value is -1.42. The van der Waals surface area contributed by atoms with Crippen LogP contribution in [0.25, 0.3) is 0 Å². The van der Waals surface area contributed by atoms with Crippen molar-refractivity contribution in [3.05, 3.63) is 17.7 Å². The summed E-state index contributed by atoms with van der Waals surface area (Å²) < 4.78 is 16.3. The molecule has 8 heteroatoms. The van der Waals surface area contributed by atoms with Gasteiger partial charge in [-0.15, -0.1) is 24.0 Å². The Morgan fingerprint density at radius 3 is 2.17 bits per heavy atom. The molecule has 1 heterocycles. The molecule has 1 fully saturated rings. The molecular formula is C22H39IN4O3. The summed E-state index contributed by atoms with van der Waals surface area (Å²) in [5, 5.41) is 6.86. The molecule has 30 heavy (non-hydrogen) atoms. The van der Waals surface area contributed by atoms with Gasteiger partial charge in [-0.05, 0) is 69.4 Å². The number of ether oxygens (including phenoxy) is 3. The molecule has 7 nitrogen and oxygen atoms in total. The summed E-state index contributed by atoms with van der Waals surface area (Å²) in [6, 6.07) is 3.88. The molecule has 0 unspecified atom stereocenters. The summed E-state index contributed by atoms with van der Waals surface area (Å²) in [5.41, 5.74) is 1.00. The number of guanidine groups is 1. The van der Waals surface area contributed by atoms with Crippen LogP contribution in [0.5, 0.6) is 17.2 Å². The van der Waals surface area contributed by atoms with Gasteiger partial charge in [0.1, 0.15) is 0 Å². The van der Waals surface area contributed by atoms with Crippen LogP contribution in [-0.2, 0) is 6.54 Å². The van der Waals surface area contributed by atoms with Crippen LogP contribution >= 0.6 is 24.0 Å².